The van der Waals surface area contributed by atoms with E-state index in [4.69, 9.17) is 9.84 Å². The topological polar surface area (TPSA) is 75.6 Å². The van der Waals surface area contributed by atoms with Crippen LogP contribution in [0, 0.1) is 18.8 Å². The fourth-order valence-electron chi connectivity index (χ4n) is 3.92. The van der Waals surface area contributed by atoms with Crippen LogP contribution in [-0.2, 0) is 14.3 Å². The molecule has 1 saturated carbocycles. The van der Waals surface area contributed by atoms with Crippen LogP contribution in [-0.4, -0.2) is 29.6 Å². The molecule has 0 spiro atoms. The molecule has 1 saturated heterocycles. The predicted octanol–water partition coefficient (Wildman–Crippen LogP) is 3.22. The van der Waals surface area contributed by atoms with Gasteiger partial charge in [0, 0.05) is 12.5 Å². The van der Waals surface area contributed by atoms with Gasteiger partial charge in [0.2, 0.25) is 5.91 Å². The third kappa shape index (κ3) is 4.40. The minimum Gasteiger partial charge on any atom is -0.481 e. The summed E-state index contributed by atoms with van der Waals surface area (Å²) in [6.07, 6.45) is 4.25. The van der Waals surface area contributed by atoms with Crippen molar-refractivity contribution in [2.45, 2.75) is 57.6 Å². The molecule has 1 aromatic rings. The van der Waals surface area contributed by atoms with Crippen LogP contribution in [0.15, 0.2) is 24.3 Å². The lowest BCUT2D eigenvalue weighted by atomic mass is 9.81. The molecule has 2 atom stereocenters. The lowest BCUT2D eigenvalue weighted by Gasteiger charge is -2.34. The number of carboxylic acids is 1. The molecular formula is C20H27NO4. The van der Waals surface area contributed by atoms with Gasteiger partial charge in [-0.3, -0.25) is 9.59 Å². The zero-order valence-electron chi connectivity index (χ0n) is 14.7. The minimum absolute atomic E-state index is 0.0128. The number of aliphatic carboxylic acids is 1. The van der Waals surface area contributed by atoms with Crippen LogP contribution in [0.25, 0.3) is 0 Å². The third-order valence-electron chi connectivity index (χ3n) is 5.50. The molecule has 1 aliphatic carbocycles. The van der Waals surface area contributed by atoms with Gasteiger partial charge in [0.15, 0.2) is 0 Å². The molecular weight excluding hydrogens is 318 g/mol. The Kier molecular flexibility index (Phi) is 5.74. The van der Waals surface area contributed by atoms with Crippen LogP contribution in [0.3, 0.4) is 0 Å². The molecule has 136 valence electrons. The van der Waals surface area contributed by atoms with Crippen molar-refractivity contribution in [1.29, 1.82) is 0 Å². The molecule has 2 unspecified atom stereocenters. The Balaban J connectivity index is 1.61. The summed E-state index contributed by atoms with van der Waals surface area (Å²) in [6.45, 7) is 2.77. The molecule has 0 aromatic heterocycles. The second-order valence-electron chi connectivity index (χ2n) is 7.35. The predicted molar refractivity (Wildman–Crippen MR) is 94.1 cm³/mol. The number of carbonyl (C=O) groups excluding carboxylic acids is 1. The summed E-state index contributed by atoms with van der Waals surface area (Å²) >= 11 is 0. The van der Waals surface area contributed by atoms with E-state index in [-0.39, 0.29) is 29.9 Å². The first-order chi connectivity index (χ1) is 12.0. The lowest BCUT2D eigenvalue weighted by molar-refractivity contribution is -0.144. The molecule has 1 heterocycles. The van der Waals surface area contributed by atoms with E-state index in [0.717, 1.165) is 18.4 Å². The average molecular weight is 345 g/mol. The van der Waals surface area contributed by atoms with E-state index in [1.54, 1.807) is 0 Å². The van der Waals surface area contributed by atoms with Crippen molar-refractivity contribution in [2.75, 3.05) is 6.61 Å². The van der Waals surface area contributed by atoms with E-state index >= 15 is 0 Å². The maximum Gasteiger partial charge on any atom is 0.306 e. The summed E-state index contributed by atoms with van der Waals surface area (Å²) in [5.41, 5.74) is 2.31. The van der Waals surface area contributed by atoms with Crippen molar-refractivity contribution < 1.29 is 19.4 Å². The highest BCUT2D eigenvalue weighted by atomic mass is 16.5. The second-order valence-corrected chi connectivity index (χ2v) is 7.35. The molecule has 25 heavy (non-hydrogen) atoms. The highest BCUT2D eigenvalue weighted by Crippen LogP contribution is 2.32. The van der Waals surface area contributed by atoms with Gasteiger partial charge < -0.3 is 15.2 Å². The number of nitrogens with one attached hydrogen (secondary N) is 1. The molecule has 1 aromatic carbocycles. The van der Waals surface area contributed by atoms with Gasteiger partial charge in [-0.2, -0.15) is 0 Å². The van der Waals surface area contributed by atoms with Gasteiger partial charge in [-0.05, 0) is 51.0 Å². The summed E-state index contributed by atoms with van der Waals surface area (Å²) in [4.78, 5) is 23.7. The van der Waals surface area contributed by atoms with E-state index in [9.17, 15) is 9.59 Å². The van der Waals surface area contributed by atoms with Crippen LogP contribution in [0.2, 0.25) is 0 Å². The summed E-state index contributed by atoms with van der Waals surface area (Å²) in [5.74, 6) is -1.05. The van der Waals surface area contributed by atoms with E-state index in [1.165, 1.54) is 5.56 Å². The molecule has 5 heteroatoms. The Morgan fingerprint density at radius 1 is 1.04 bits per heavy atom. The van der Waals surface area contributed by atoms with Gasteiger partial charge >= 0.3 is 5.97 Å². The number of carbonyl (C=O) groups is 2. The summed E-state index contributed by atoms with van der Waals surface area (Å²) in [6, 6.07) is 8.27. The molecule has 1 aliphatic heterocycles. The van der Waals surface area contributed by atoms with Crippen LogP contribution < -0.4 is 5.32 Å². The number of benzene rings is 1. The van der Waals surface area contributed by atoms with Crippen LogP contribution in [0.4, 0.5) is 0 Å². The Labute approximate surface area is 148 Å². The van der Waals surface area contributed by atoms with Crippen molar-refractivity contribution in [3.63, 3.8) is 0 Å². The van der Waals surface area contributed by atoms with Crippen LogP contribution >= 0.6 is 0 Å². The smallest absolute Gasteiger partial charge is 0.306 e. The monoisotopic (exact) mass is 345 g/mol. The van der Waals surface area contributed by atoms with Gasteiger partial charge in [0.1, 0.15) is 6.10 Å². The highest BCUT2D eigenvalue weighted by molar-refractivity contribution is 5.79. The second kappa shape index (κ2) is 8.00. The third-order valence-corrected chi connectivity index (χ3v) is 5.50. The van der Waals surface area contributed by atoms with Gasteiger partial charge in [-0.25, -0.2) is 0 Å². The quantitative estimate of drug-likeness (QED) is 0.878. The van der Waals surface area contributed by atoms with E-state index in [0.29, 0.717) is 32.3 Å². The first kappa shape index (κ1) is 17.9. The number of amides is 1. The Morgan fingerprint density at radius 3 is 2.32 bits per heavy atom. The maximum absolute atomic E-state index is 12.7. The standard InChI is InChI=1S/C20H27NO4/c1-13-4-6-14(7-5-13)18-17(3-2-12-25-18)21-19(22)15-8-10-16(11-9-15)20(23)24/h4-7,15-18H,2-3,8-12H2,1H3,(H,21,22)(H,23,24). The lowest BCUT2D eigenvalue weighted by Crippen LogP contribution is -2.45. The maximum atomic E-state index is 12.7. The molecule has 1 amide bonds. The van der Waals surface area contributed by atoms with Crippen molar-refractivity contribution in [3.8, 4) is 0 Å². The molecule has 5 nitrogen and oxygen atoms in total. The van der Waals surface area contributed by atoms with Crippen molar-refractivity contribution in [3.05, 3.63) is 35.4 Å². The molecule has 0 radical (unpaired) electrons. The van der Waals surface area contributed by atoms with Crippen LogP contribution in [0.1, 0.15) is 55.8 Å². The van der Waals surface area contributed by atoms with Crippen LogP contribution in [0.5, 0.6) is 0 Å². The average Bonchev–Trinajstić information content (AvgIpc) is 2.63. The first-order valence-corrected chi connectivity index (χ1v) is 9.26. The molecule has 2 fully saturated rings. The zero-order chi connectivity index (χ0) is 17.8. The number of carboxylic acid groups (broad SMARTS) is 1. The number of aryl methyl sites for hydroxylation is 1. The van der Waals surface area contributed by atoms with Gasteiger partial charge in [0.25, 0.3) is 0 Å². The summed E-state index contributed by atoms with van der Waals surface area (Å²) in [7, 11) is 0. The number of hydrogen-bond donors (Lipinski definition) is 2. The van der Waals surface area contributed by atoms with Gasteiger partial charge in [-0.1, -0.05) is 29.8 Å². The SMILES string of the molecule is Cc1ccc(C2OCCCC2NC(=O)C2CCC(C(=O)O)CC2)cc1. The molecule has 2 N–H and O–H groups in total. The summed E-state index contributed by atoms with van der Waals surface area (Å²) < 4.78 is 5.96. The van der Waals surface area contributed by atoms with E-state index < -0.39 is 5.97 Å². The summed E-state index contributed by atoms with van der Waals surface area (Å²) in [5, 5.41) is 12.3. The number of rotatable bonds is 4. The molecule has 2 aliphatic rings. The van der Waals surface area contributed by atoms with Crippen molar-refractivity contribution >= 4 is 11.9 Å². The Hall–Kier alpha value is -1.88. The molecule has 0 bridgehead atoms. The number of hydrogen-bond acceptors (Lipinski definition) is 3. The zero-order valence-corrected chi connectivity index (χ0v) is 14.7. The molecule has 3 rings (SSSR count). The fourth-order valence-corrected chi connectivity index (χ4v) is 3.92. The Bertz CT molecular complexity index is 605. The van der Waals surface area contributed by atoms with Gasteiger partial charge in [-0.15, -0.1) is 0 Å². The van der Waals surface area contributed by atoms with Gasteiger partial charge in [0.05, 0.1) is 12.0 Å². The van der Waals surface area contributed by atoms with Crippen molar-refractivity contribution in [1.82, 2.24) is 5.32 Å². The minimum atomic E-state index is -0.737. The van der Waals surface area contributed by atoms with E-state index in [2.05, 4.69) is 36.5 Å². The normalized spacial score (nSPS) is 29.8. The fraction of sp³-hybridized carbons (Fsp3) is 0.600. The first-order valence-electron chi connectivity index (χ1n) is 9.26. The Morgan fingerprint density at radius 2 is 1.68 bits per heavy atom. The highest BCUT2D eigenvalue weighted by Gasteiger charge is 2.33. The van der Waals surface area contributed by atoms with Crippen molar-refractivity contribution in [2.24, 2.45) is 11.8 Å². The largest absolute Gasteiger partial charge is 0.481 e. The number of ether oxygens (including phenoxy) is 1. The van der Waals surface area contributed by atoms with E-state index in [1.807, 2.05) is 0 Å².